The van der Waals surface area contributed by atoms with Gasteiger partial charge in [-0.25, -0.2) is 9.78 Å². The van der Waals surface area contributed by atoms with Gasteiger partial charge in [-0.2, -0.15) is 13.2 Å². The van der Waals surface area contributed by atoms with Gasteiger partial charge in [0.25, 0.3) is 5.91 Å². The second-order valence-electron chi connectivity index (χ2n) is 7.80. The number of hydrogen-bond acceptors (Lipinski definition) is 7. The van der Waals surface area contributed by atoms with Crippen LogP contribution in [0, 0.1) is 0 Å². The van der Waals surface area contributed by atoms with Crippen molar-refractivity contribution < 1.29 is 27.5 Å². The fraction of sp³-hybridized carbons (Fsp3) is 0.280. The Kier molecular flexibility index (Phi) is 9.42. The van der Waals surface area contributed by atoms with E-state index in [0.717, 1.165) is 19.6 Å². The average Bonchev–Trinajstić information content (AvgIpc) is 2.88. The van der Waals surface area contributed by atoms with Crippen LogP contribution in [0.5, 0.6) is 5.75 Å². The standard InChI is InChI=1S/C25H25ClF3N5O3/c1-3-34(4-2)12-11-31-23(35)17-7-10-19(26)20(13-17)32-22-15-30-14-21(33-22)16-5-8-18(9-6-16)37-24(36)25(27,28)29/h5-10,13-15H,3-4,11-12H2,1-2H3,(H,31,35)(H,32,33). The molecule has 2 N–H and O–H groups in total. The predicted octanol–water partition coefficient (Wildman–Crippen LogP) is 5.08. The van der Waals surface area contributed by atoms with Crippen molar-refractivity contribution in [1.29, 1.82) is 0 Å². The molecule has 1 aromatic heterocycles. The minimum atomic E-state index is -5.09. The minimum Gasteiger partial charge on any atom is -0.420 e. The van der Waals surface area contributed by atoms with Crippen LogP contribution in [-0.4, -0.2) is 59.1 Å². The van der Waals surface area contributed by atoms with Crippen LogP contribution < -0.4 is 15.4 Å². The van der Waals surface area contributed by atoms with Gasteiger partial charge in [0.15, 0.2) is 0 Å². The Morgan fingerprint density at radius 3 is 2.41 bits per heavy atom. The van der Waals surface area contributed by atoms with Gasteiger partial charge in [0, 0.05) is 24.2 Å². The van der Waals surface area contributed by atoms with E-state index in [1.807, 2.05) is 0 Å². The third kappa shape index (κ3) is 7.89. The Balaban J connectivity index is 1.69. The lowest BCUT2D eigenvalue weighted by Gasteiger charge is -2.18. The zero-order chi connectivity index (χ0) is 27.0. The average molecular weight is 536 g/mol. The number of carbonyl (C=O) groups is 2. The number of rotatable bonds is 10. The largest absolute Gasteiger partial charge is 0.491 e. The molecule has 0 aliphatic rings. The second kappa shape index (κ2) is 12.5. The summed E-state index contributed by atoms with van der Waals surface area (Å²) in [6.45, 7) is 7.17. The lowest BCUT2D eigenvalue weighted by Crippen LogP contribution is -2.34. The summed E-state index contributed by atoms with van der Waals surface area (Å²) in [5.74, 6) is -2.47. The molecular formula is C25H25ClF3N5O3. The van der Waals surface area contributed by atoms with Crippen molar-refractivity contribution in [3.8, 4) is 17.0 Å². The number of nitrogens with zero attached hydrogens (tertiary/aromatic N) is 3. The quantitative estimate of drug-likeness (QED) is 0.276. The molecule has 0 saturated carbocycles. The Labute approximate surface area is 216 Å². The molecule has 1 amide bonds. The van der Waals surface area contributed by atoms with E-state index in [1.165, 1.54) is 36.7 Å². The van der Waals surface area contributed by atoms with E-state index < -0.39 is 12.1 Å². The summed E-state index contributed by atoms with van der Waals surface area (Å²) in [6, 6.07) is 10.2. The molecule has 0 radical (unpaired) electrons. The molecule has 12 heteroatoms. The van der Waals surface area contributed by atoms with E-state index in [0.29, 0.717) is 39.9 Å². The highest BCUT2D eigenvalue weighted by atomic mass is 35.5. The summed E-state index contributed by atoms with van der Waals surface area (Å²) >= 11 is 6.31. The minimum absolute atomic E-state index is 0.238. The van der Waals surface area contributed by atoms with Crippen LogP contribution in [-0.2, 0) is 4.79 Å². The van der Waals surface area contributed by atoms with E-state index in [1.54, 1.807) is 18.2 Å². The number of carbonyl (C=O) groups excluding carboxylic acids is 2. The number of hydrogen-bond donors (Lipinski definition) is 2. The van der Waals surface area contributed by atoms with Crippen molar-refractivity contribution >= 4 is 35.0 Å². The molecule has 0 bridgehead atoms. The Bertz CT molecular complexity index is 1230. The van der Waals surface area contributed by atoms with Crippen LogP contribution in [0.25, 0.3) is 11.3 Å². The number of alkyl halides is 3. The van der Waals surface area contributed by atoms with E-state index in [4.69, 9.17) is 11.6 Å². The SMILES string of the molecule is CCN(CC)CCNC(=O)c1ccc(Cl)c(Nc2cncc(-c3ccc(OC(=O)C(F)(F)F)cc3)n2)c1. The summed E-state index contributed by atoms with van der Waals surface area (Å²) < 4.78 is 41.4. The predicted molar refractivity (Wildman–Crippen MR) is 134 cm³/mol. The molecule has 0 atom stereocenters. The molecule has 0 aliphatic carbocycles. The lowest BCUT2D eigenvalue weighted by atomic mass is 10.1. The highest BCUT2D eigenvalue weighted by Crippen LogP contribution is 2.28. The highest BCUT2D eigenvalue weighted by molar-refractivity contribution is 6.33. The van der Waals surface area contributed by atoms with Gasteiger partial charge in [-0.3, -0.25) is 9.78 Å². The molecule has 0 unspecified atom stereocenters. The number of aromatic nitrogens is 2. The van der Waals surface area contributed by atoms with Gasteiger partial charge >= 0.3 is 12.1 Å². The zero-order valence-corrected chi connectivity index (χ0v) is 20.9. The Hall–Kier alpha value is -3.70. The highest BCUT2D eigenvalue weighted by Gasteiger charge is 2.41. The number of amides is 1. The first-order valence-corrected chi connectivity index (χ1v) is 11.8. The fourth-order valence-electron chi connectivity index (χ4n) is 3.29. The smallest absolute Gasteiger partial charge is 0.420 e. The first kappa shape index (κ1) is 27.9. The van der Waals surface area contributed by atoms with Crippen LogP contribution in [0.1, 0.15) is 24.2 Å². The van der Waals surface area contributed by atoms with Gasteiger partial charge in [0.2, 0.25) is 0 Å². The monoisotopic (exact) mass is 535 g/mol. The van der Waals surface area contributed by atoms with Crippen LogP contribution in [0.2, 0.25) is 5.02 Å². The van der Waals surface area contributed by atoms with Crippen molar-refractivity contribution in [2.75, 3.05) is 31.5 Å². The second-order valence-corrected chi connectivity index (χ2v) is 8.21. The molecule has 2 aromatic carbocycles. The van der Waals surface area contributed by atoms with E-state index >= 15 is 0 Å². The number of esters is 1. The number of nitrogens with one attached hydrogen (secondary N) is 2. The van der Waals surface area contributed by atoms with E-state index in [2.05, 4.69) is 44.1 Å². The van der Waals surface area contributed by atoms with Crippen LogP contribution in [0.4, 0.5) is 24.7 Å². The summed E-state index contributed by atoms with van der Waals surface area (Å²) in [7, 11) is 0. The van der Waals surface area contributed by atoms with E-state index in [-0.39, 0.29) is 11.7 Å². The fourth-order valence-corrected chi connectivity index (χ4v) is 3.46. The van der Waals surface area contributed by atoms with Crippen molar-refractivity contribution in [1.82, 2.24) is 20.2 Å². The Morgan fingerprint density at radius 1 is 1.05 bits per heavy atom. The van der Waals surface area contributed by atoms with Gasteiger partial charge in [-0.15, -0.1) is 0 Å². The van der Waals surface area contributed by atoms with Gasteiger partial charge in [-0.1, -0.05) is 25.4 Å². The van der Waals surface area contributed by atoms with Crippen LogP contribution in [0.15, 0.2) is 54.9 Å². The molecular weight excluding hydrogens is 511 g/mol. The molecule has 1 heterocycles. The van der Waals surface area contributed by atoms with Crippen molar-refractivity contribution in [3.05, 3.63) is 65.4 Å². The van der Waals surface area contributed by atoms with Crippen LogP contribution >= 0.6 is 11.6 Å². The number of halogens is 4. The molecule has 0 fully saturated rings. The topological polar surface area (TPSA) is 96.5 Å². The molecule has 3 aromatic rings. The maximum Gasteiger partial charge on any atom is 0.491 e. The van der Waals surface area contributed by atoms with Crippen LogP contribution in [0.3, 0.4) is 0 Å². The molecule has 0 aliphatic heterocycles. The first-order chi connectivity index (χ1) is 17.6. The molecule has 37 heavy (non-hydrogen) atoms. The van der Waals surface area contributed by atoms with Gasteiger partial charge in [0.1, 0.15) is 11.6 Å². The number of likely N-dealkylation sites (N-methyl/N-ethyl adjacent to an activating group) is 1. The first-order valence-electron chi connectivity index (χ1n) is 11.4. The summed E-state index contributed by atoms with van der Waals surface area (Å²) in [5, 5.41) is 6.29. The summed E-state index contributed by atoms with van der Waals surface area (Å²) in [4.78, 5) is 34.4. The Morgan fingerprint density at radius 2 is 1.76 bits per heavy atom. The summed E-state index contributed by atoms with van der Waals surface area (Å²) in [6.07, 6.45) is -2.17. The number of benzene rings is 2. The van der Waals surface area contributed by atoms with Gasteiger partial charge in [0.05, 0.1) is 28.8 Å². The molecule has 8 nitrogen and oxygen atoms in total. The van der Waals surface area contributed by atoms with E-state index in [9.17, 15) is 22.8 Å². The molecule has 196 valence electrons. The molecule has 0 spiro atoms. The number of ether oxygens (including phenoxy) is 1. The normalized spacial score (nSPS) is 11.3. The van der Waals surface area contributed by atoms with Gasteiger partial charge < -0.3 is 20.3 Å². The summed E-state index contributed by atoms with van der Waals surface area (Å²) in [5.41, 5.74) is 1.79. The molecule has 3 rings (SSSR count). The lowest BCUT2D eigenvalue weighted by molar-refractivity contribution is -0.189. The maximum atomic E-state index is 12.6. The number of anilines is 2. The maximum absolute atomic E-state index is 12.6. The van der Waals surface area contributed by atoms with Gasteiger partial charge in [-0.05, 0) is 55.6 Å². The van der Waals surface area contributed by atoms with Crippen molar-refractivity contribution in [2.45, 2.75) is 20.0 Å². The molecule has 0 saturated heterocycles. The third-order valence-electron chi connectivity index (χ3n) is 5.33. The van der Waals surface area contributed by atoms with Crippen molar-refractivity contribution in [2.24, 2.45) is 0 Å². The van der Waals surface area contributed by atoms with Crippen molar-refractivity contribution in [3.63, 3.8) is 0 Å². The third-order valence-corrected chi connectivity index (χ3v) is 5.66. The zero-order valence-electron chi connectivity index (χ0n) is 20.1.